The molecule has 1 amide bonds. The van der Waals surface area contributed by atoms with Crippen molar-refractivity contribution in [2.75, 3.05) is 6.54 Å². The number of rotatable bonds is 2. The van der Waals surface area contributed by atoms with Crippen molar-refractivity contribution in [1.29, 1.82) is 0 Å². The molecule has 1 aromatic carbocycles. The number of hydrogen-bond donors (Lipinski definition) is 0. The van der Waals surface area contributed by atoms with Crippen LogP contribution in [0.1, 0.15) is 40.4 Å². The summed E-state index contributed by atoms with van der Waals surface area (Å²) >= 11 is 0. The number of hydrogen-bond acceptors (Lipinski definition) is 2. The van der Waals surface area contributed by atoms with Gasteiger partial charge in [-0.05, 0) is 37.5 Å². The molecule has 1 fully saturated rings. The minimum atomic E-state index is 0.107. The number of benzene rings is 1. The van der Waals surface area contributed by atoms with E-state index in [0.29, 0.717) is 0 Å². The zero-order valence-electron chi connectivity index (χ0n) is 11.6. The van der Waals surface area contributed by atoms with E-state index in [4.69, 9.17) is 0 Å². The summed E-state index contributed by atoms with van der Waals surface area (Å²) in [6.45, 7) is 2.91. The Morgan fingerprint density at radius 2 is 1.85 bits per heavy atom. The Bertz CT molecular complexity index is 592. The Kier molecular flexibility index (Phi) is 3.50. The van der Waals surface area contributed by atoms with Crippen molar-refractivity contribution in [3.63, 3.8) is 0 Å². The monoisotopic (exact) mass is 266 g/mol. The highest BCUT2D eigenvalue weighted by Gasteiger charge is 2.30. The first-order chi connectivity index (χ1) is 9.75. The Morgan fingerprint density at radius 3 is 2.55 bits per heavy atom. The summed E-state index contributed by atoms with van der Waals surface area (Å²) in [5, 5.41) is 0. The maximum absolute atomic E-state index is 12.6. The molecule has 20 heavy (non-hydrogen) atoms. The third-order valence-corrected chi connectivity index (χ3v) is 3.90. The average Bonchev–Trinajstić information content (AvgIpc) is 2.97. The van der Waals surface area contributed by atoms with Gasteiger partial charge in [-0.15, -0.1) is 0 Å². The second-order valence-electron chi connectivity index (χ2n) is 5.30. The van der Waals surface area contributed by atoms with Gasteiger partial charge in [-0.1, -0.05) is 29.8 Å². The molecule has 1 saturated heterocycles. The molecule has 0 saturated carbocycles. The minimum Gasteiger partial charge on any atom is -0.332 e. The van der Waals surface area contributed by atoms with Gasteiger partial charge in [-0.2, -0.15) is 0 Å². The van der Waals surface area contributed by atoms with Crippen LogP contribution in [0, 0.1) is 6.92 Å². The molecule has 1 unspecified atom stereocenters. The van der Waals surface area contributed by atoms with E-state index >= 15 is 0 Å². The molecule has 0 bridgehead atoms. The molecule has 2 heterocycles. The summed E-state index contributed by atoms with van der Waals surface area (Å²) in [5.41, 5.74) is 3.20. The maximum Gasteiger partial charge on any atom is 0.254 e. The van der Waals surface area contributed by atoms with Crippen LogP contribution >= 0.6 is 0 Å². The Morgan fingerprint density at radius 1 is 1.15 bits per heavy atom. The van der Waals surface area contributed by atoms with Crippen LogP contribution in [0.3, 0.4) is 0 Å². The topological polar surface area (TPSA) is 33.2 Å². The first-order valence-corrected chi connectivity index (χ1v) is 7.03. The van der Waals surface area contributed by atoms with Gasteiger partial charge >= 0.3 is 0 Å². The predicted molar refractivity (Wildman–Crippen MR) is 78.4 cm³/mol. The van der Waals surface area contributed by atoms with Gasteiger partial charge in [-0.3, -0.25) is 9.78 Å². The second-order valence-corrected chi connectivity index (χ2v) is 5.30. The van der Waals surface area contributed by atoms with E-state index in [9.17, 15) is 4.79 Å². The summed E-state index contributed by atoms with van der Waals surface area (Å²) in [5.74, 6) is 0.107. The zero-order chi connectivity index (χ0) is 13.9. The van der Waals surface area contributed by atoms with Gasteiger partial charge in [0.15, 0.2) is 0 Å². The van der Waals surface area contributed by atoms with Gasteiger partial charge in [0.2, 0.25) is 0 Å². The summed E-state index contributed by atoms with van der Waals surface area (Å²) in [4.78, 5) is 18.6. The normalized spacial score (nSPS) is 18.2. The molecule has 1 aliphatic rings. The Balaban J connectivity index is 1.86. The van der Waals surface area contributed by atoms with Crippen LogP contribution in [0.2, 0.25) is 0 Å². The predicted octanol–water partition coefficient (Wildman–Crippen LogP) is 3.37. The number of carbonyl (C=O) groups excluding carboxylic acids is 1. The van der Waals surface area contributed by atoms with Crippen molar-refractivity contribution in [2.45, 2.75) is 25.8 Å². The molecule has 0 N–H and O–H groups in total. The van der Waals surface area contributed by atoms with Crippen LogP contribution in [0.4, 0.5) is 0 Å². The quantitative estimate of drug-likeness (QED) is 0.835. The van der Waals surface area contributed by atoms with Gasteiger partial charge in [-0.25, -0.2) is 0 Å². The zero-order valence-corrected chi connectivity index (χ0v) is 11.6. The van der Waals surface area contributed by atoms with Crippen molar-refractivity contribution < 1.29 is 4.79 Å². The van der Waals surface area contributed by atoms with Gasteiger partial charge in [0.05, 0.1) is 6.04 Å². The highest BCUT2D eigenvalue weighted by molar-refractivity contribution is 5.94. The lowest BCUT2D eigenvalue weighted by Gasteiger charge is -2.25. The first kappa shape index (κ1) is 12.9. The van der Waals surface area contributed by atoms with Gasteiger partial charge < -0.3 is 4.90 Å². The highest BCUT2D eigenvalue weighted by Crippen LogP contribution is 2.33. The van der Waals surface area contributed by atoms with Gasteiger partial charge in [0.1, 0.15) is 0 Å². The lowest BCUT2D eigenvalue weighted by molar-refractivity contribution is 0.0735. The fourth-order valence-electron chi connectivity index (χ4n) is 2.81. The van der Waals surface area contributed by atoms with Crippen LogP contribution in [0.15, 0.2) is 48.8 Å². The molecule has 1 aliphatic heterocycles. The third kappa shape index (κ3) is 2.44. The molecular weight excluding hydrogens is 248 g/mol. The SMILES string of the molecule is Cc1ccc(C2CCCN2C(=O)c2ccncc2)cc1. The lowest BCUT2D eigenvalue weighted by Crippen LogP contribution is -2.30. The van der Waals surface area contributed by atoms with Crippen LogP contribution in [-0.2, 0) is 0 Å². The molecule has 3 nitrogen and oxygen atoms in total. The molecule has 0 aliphatic carbocycles. The van der Waals surface area contributed by atoms with Crippen molar-refractivity contribution in [3.05, 3.63) is 65.5 Å². The standard InChI is InChI=1S/C17H18N2O/c1-13-4-6-14(7-5-13)16-3-2-12-19(16)17(20)15-8-10-18-11-9-15/h4-11,16H,2-3,12H2,1H3. The van der Waals surface area contributed by atoms with Crippen molar-refractivity contribution in [2.24, 2.45) is 0 Å². The molecule has 1 aromatic heterocycles. The summed E-state index contributed by atoms with van der Waals surface area (Å²) in [6.07, 6.45) is 5.45. The van der Waals surface area contributed by atoms with Crippen LogP contribution in [0.5, 0.6) is 0 Å². The van der Waals surface area contributed by atoms with E-state index in [-0.39, 0.29) is 11.9 Å². The largest absolute Gasteiger partial charge is 0.332 e. The number of likely N-dealkylation sites (tertiary alicyclic amines) is 1. The smallest absolute Gasteiger partial charge is 0.254 e. The number of amides is 1. The number of aromatic nitrogens is 1. The summed E-state index contributed by atoms with van der Waals surface area (Å²) in [6, 6.07) is 12.3. The number of pyridine rings is 1. The number of nitrogens with zero attached hydrogens (tertiary/aromatic N) is 2. The molecular formula is C17H18N2O. The van der Waals surface area contributed by atoms with E-state index in [2.05, 4.69) is 36.2 Å². The molecule has 3 rings (SSSR count). The van der Waals surface area contributed by atoms with E-state index in [1.54, 1.807) is 24.5 Å². The molecule has 102 valence electrons. The number of carbonyl (C=O) groups is 1. The molecule has 3 heteroatoms. The van der Waals surface area contributed by atoms with Crippen LogP contribution < -0.4 is 0 Å². The van der Waals surface area contributed by atoms with Crippen molar-refractivity contribution in [3.8, 4) is 0 Å². The van der Waals surface area contributed by atoms with E-state index in [1.807, 2.05) is 4.90 Å². The fraction of sp³-hybridized carbons (Fsp3) is 0.294. The van der Waals surface area contributed by atoms with Crippen molar-refractivity contribution >= 4 is 5.91 Å². The molecule has 1 atom stereocenters. The minimum absolute atomic E-state index is 0.107. The van der Waals surface area contributed by atoms with Crippen molar-refractivity contribution in [1.82, 2.24) is 9.88 Å². The number of aryl methyl sites for hydroxylation is 1. The summed E-state index contributed by atoms with van der Waals surface area (Å²) < 4.78 is 0. The van der Waals surface area contributed by atoms with Gasteiger partial charge in [0.25, 0.3) is 5.91 Å². The Labute approximate surface area is 119 Å². The molecule has 0 spiro atoms. The fourth-order valence-corrected chi connectivity index (χ4v) is 2.81. The Hall–Kier alpha value is -2.16. The summed E-state index contributed by atoms with van der Waals surface area (Å²) in [7, 11) is 0. The molecule has 0 radical (unpaired) electrons. The van der Waals surface area contributed by atoms with Crippen LogP contribution in [0.25, 0.3) is 0 Å². The molecule has 2 aromatic rings. The van der Waals surface area contributed by atoms with E-state index in [0.717, 1.165) is 24.9 Å². The average molecular weight is 266 g/mol. The lowest BCUT2D eigenvalue weighted by atomic mass is 10.0. The van der Waals surface area contributed by atoms with E-state index in [1.165, 1.54) is 11.1 Å². The van der Waals surface area contributed by atoms with Crippen LogP contribution in [-0.4, -0.2) is 22.3 Å². The first-order valence-electron chi connectivity index (χ1n) is 7.03. The second kappa shape index (κ2) is 5.45. The maximum atomic E-state index is 12.6. The van der Waals surface area contributed by atoms with Gasteiger partial charge in [0, 0.05) is 24.5 Å². The third-order valence-electron chi connectivity index (χ3n) is 3.90. The highest BCUT2D eigenvalue weighted by atomic mass is 16.2. The van der Waals surface area contributed by atoms with E-state index < -0.39 is 0 Å².